The van der Waals surface area contributed by atoms with Gasteiger partial charge in [0.15, 0.2) is 0 Å². The molecule has 1 aliphatic rings. The number of rotatable bonds is 2. The summed E-state index contributed by atoms with van der Waals surface area (Å²) in [5.74, 6) is -0.161. The van der Waals surface area contributed by atoms with Crippen LogP contribution in [0, 0.1) is 5.41 Å². The van der Waals surface area contributed by atoms with E-state index in [-0.39, 0.29) is 22.4 Å². The van der Waals surface area contributed by atoms with Crippen LogP contribution >= 0.6 is 23.2 Å². The lowest BCUT2D eigenvalue weighted by atomic mass is 10.1. The number of nitrogen functional groups attached to an aromatic ring is 1. The van der Waals surface area contributed by atoms with Crippen molar-refractivity contribution in [3.63, 3.8) is 0 Å². The van der Waals surface area contributed by atoms with E-state index < -0.39 is 0 Å². The van der Waals surface area contributed by atoms with Crippen LogP contribution in [0.3, 0.4) is 0 Å². The smallest absolute Gasteiger partial charge is 0.251 e. The third-order valence-electron chi connectivity index (χ3n) is 3.14. The van der Waals surface area contributed by atoms with Crippen molar-refractivity contribution < 1.29 is 4.79 Å². The largest absolute Gasteiger partial charge is 0.397 e. The van der Waals surface area contributed by atoms with Crippen molar-refractivity contribution in [2.24, 2.45) is 5.41 Å². The SMILES string of the molecule is CC1(C)CC1NC(=O)c1cc(N)c(Cl)c(Cl)c1. The van der Waals surface area contributed by atoms with Crippen LogP contribution < -0.4 is 11.1 Å². The molecule has 0 saturated heterocycles. The number of anilines is 1. The standard InChI is InChI=1S/C12H14Cl2N2O/c1-12(2)5-9(12)16-11(17)6-3-7(13)10(14)8(15)4-6/h3-4,9H,5,15H2,1-2H3,(H,16,17). The van der Waals surface area contributed by atoms with Gasteiger partial charge in [0, 0.05) is 11.6 Å². The monoisotopic (exact) mass is 272 g/mol. The Balaban J connectivity index is 2.15. The molecular weight excluding hydrogens is 259 g/mol. The highest BCUT2D eigenvalue weighted by atomic mass is 35.5. The summed E-state index contributed by atoms with van der Waals surface area (Å²) in [6, 6.07) is 3.30. The number of hydrogen-bond donors (Lipinski definition) is 2. The Morgan fingerprint density at radius 1 is 1.47 bits per heavy atom. The fourth-order valence-electron chi connectivity index (χ4n) is 1.70. The quantitative estimate of drug-likeness (QED) is 0.813. The highest BCUT2D eigenvalue weighted by molar-refractivity contribution is 6.43. The molecule has 92 valence electrons. The summed E-state index contributed by atoms with van der Waals surface area (Å²) in [7, 11) is 0. The Bertz CT molecular complexity index is 462. The number of carbonyl (C=O) groups is 1. The molecule has 1 atom stereocenters. The number of benzene rings is 1. The van der Waals surface area contributed by atoms with Gasteiger partial charge in [0.1, 0.15) is 0 Å². The molecule has 1 saturated carbocycles. The number of carbonyl (C=O) groups excluding carboxylic acids is 1. The second-order valence-corrected chi connectivity index (χ2v) is 5.87. The summed E-state index contributed by atoms with van der Waals surface area (Å²) in [5, 5.41) is 3.52. The summed E-state index contributed by atoms with van der Waals surface area (Å²) >= 11 is 11.7. The zero-order valence-electron chi connectivity index (χ0n) is 9.68. The average Bonchev–Trinajstić information content (AvgIpc) is 2.81. The van der Waals surface area contributed by atoms with E-state index in [4.69, 9.17) is 28.9 Å². The van der Waals surface area contributed by atoms with Gasteiger partial charge in [0.05, 0.1) is 15.7 Å². The molecule has 2 rings (SSSR count). The van der Waals surface area contributed by atoms with Crippen LogP contribution in [0.2, 0.25) is 10.0 Å². The Morgan fingerprint density at radius 2 is 2.06 bits per heavy atom. The van der Waals surface area contributed by atoms with Crippen LogP contribution in [0.4, 0.5) is 5.69 Å². The topological polar surface area (TPSA) is 55.1 Å². The van der Waals surface area contributed by atoms with Crippen molar-refractivity contribution in [2.45, 2.75) is 26.3 Å². The lowest BCUT2D eigenvalue weighted by Gasteiger charge is -2.09. The Kier molecular flexibility index (Phi) is 3.00. The first-order valence-corrected chi connectivity index (χ1v) is 6.12. The number of nitrogens with two attached hydrogens (primary N) is 1. The van der Waals surface area contributed by atoms with Crippen molar-refractivity contribution in [3.05, 3.63) is 27.7 Å². The average molecular weight is 273 g/mol. The van der Waals surface area contributed by atoms with Crippen molar-refractivity contribution >= 4 is 34.8 Å². The zero-order valence-corrected chi connectivity index (χ0v) is 11.2. The molecule has 0 aliphatic heterocycles. The lowest BCUT2D eigenvalue weighted by Crippen LogP contribution is -2.28. The minimum Gasteiger partial charge on any atom is -0.397 e. The molecule has 3 nitrogen and oxygen atoms in total. The Hall–Kier alpha value is -0.930. The first-order chi connectivity index (χ1) is 7.81. The summed E-state index contributed by atoms with van der Waals surface area (Å²) < 4.78 is 0. The maximum Gasteiger partial charge on any atom is 0.251 e. The van der Waals surface area contributed by atoms with Gasteiger partial charge in [-0.25, -0.2) is 0 Å². The first kappa shape index (κ1) is 12.5. The van der Waals surface area contributed by atoms with E-state index in [2.05, 4.69) is 19.2 Å². The van der Waals surface area contributed by atoms with E-state index >= 15 is 0 Å². The van der Waals surface area contributed by atoms with Gasteiger partial charge < -0.3 is 11.1 Å². The number of halogens is 2. The van der Waals surface area contributed by atoms with Crippen LogP contribution in [-0.2, 0) is 0 Å². The minimum atomic E-state index is -0.161. The zero-order chi connectivity index (χ0) is 12.8. The van der Waals surface area contributed by atoms with Gasteiger partial charge in [-0.2, -0.15) is 0 Å². The predicted octanol–water partition coefficient (Wildman–Crippen LogP) is 3.10. The molecule has 1 aromatic carbocycles. The van der Waals surface area contributed by atoms with Gasteiger partial charge in [-0.1, -0.05) is 37.0 Å². The summed E-state index contributed by atoms with van der Waals surface area (Å²) in [4.78, 5) is 11.9. The minimum absolute atomic E-state index is 0.161. The highest BCUT2D eigenvalue weighted by Crippen LogP contribution is 2.44. The van der Waals surface area contributed by atoms with Crippen molar-refractivity contribution in [1.82, 2.24) is 5.32 Å². The predicted molar refractivity (Wildman–Crippen MR) is 70.5 cm³/mol. The Morgan fingerprint density at radius 3 is 2.53 bits per heavy atom. The fourth-order valence-corrected chi connectivity index (χ4v) is 2.03. The molecule has 1 aromatic rings. The van der Waals surface area contributed by atoms with E-state index in [0.29, 0.717) is 16.3 Å². The number of hydrogen-bond acceptors (Lipinski definition) is 2. The molecule has 1 unspecified atom stereocenters. The van der Waals surface area contributed by atoms with E-state index in [1.165, 1.54) is 6.07 Å². The molecule has 0 aromatic heterocycles. The second kappa shape index (κ2) is 4.07. The normalized spacial score (nSPS) is 21.1. The summed E-state index contributed by atoms with van der Waals surface area (Å²) in [6.45, 7) is 4.22. The molecule has 0 radical (unpaired) electrons. The van der Waals surface area contributed by atoms with E-state index in [0.717, 1.165) is 6.42 Å². The fraction of sp³-hybridized carbons (Fsp3) is 0.417. The van der Waals surface area contributed by atoms with E-state index in [9.17, 15) is 4.79 Å². The first-order valence-electron chi connectivity index (χ1n) is 5.36. The molecule has 0 bridgehead atoms. The number of nitrogens with one attached hydrogen (secondary N) is 1. The molecule has 5 heteroatoms. The maximum absolute atomic E-state index is 11.9. The summed E-state index contributed by atoms with van der Waals surface area (Å²) in [6.07, 6.45) is 0.996. The van der Waals surface area contributed by atoms with Crippen LogP contribution in [-0.4, -0.2) is 11.9 Å². The summed E-state index contributed by atoms with van der Waals surface area (Å²) in [5.41, 5.74) is 6.62. The van der Waals surface area contributed by atoms with Crippen molar-refractivity contribution in [2.75, 3.05) is 5.73 Å². The van der Waals surface area contributed by atoms with Crippen LogP contribution in [0.1, 0.15) is 30.6 Å². The van der Waals surface area contributed by atoms with Crippen molar-refractivity contribution in [3.8, 4) is 0 Å². The molecule has 1 fully saturated rings. The van der Waals surface area contributed by atoms with Crippen LogP contribution in [0.5, 0.6) is 0 Å². The molecule has 17 heavy (non-hydrogen) atoms. The lowest BCUT2D eigenvalue weighted by molar-refractivity contribution is 0.0946. The molecule has 0 heterocycles. The van der Waals surface area contributed by atoms with Gasteiger partial charge in [-0.05, 0) is 24.0 Å². The van der Waals surface area contributed by atoms with Gasteiger partial charge in [-0.15, -0.1) is 0 Å². The van der Waals surface area contributed by atoms with Crippen LogP contribution in [0.15, 0.2) is 12.1 Å². The second-order valence-electron chi connectivity index (χ2n) is 5.08. The van der Waals surface area contributed by atoms with Crippen molar-refractivity contribution in [1.29, 1.82) is 0 Å². The molecule has 1 amide bonds. The molecule has 3 N–H and O–H groups in total. The van der Waals surface area contributed by atoms with E-state index in [1.807, 2.05) is 0 Å². The van der Waals surface area contributed by atoms with Gasteiger partial charge in [0.25, 0.3) is 5.91 Å². The third kappa shape index (κ3) is 2.50. The maximum atomic E-state index is 11.9. The molecular formula is C12H14Cl2N2O. The van der Waals surface area contributed by atoms with Gasteiger partial charge >= 0.3 is 0 Å². The molecule has 1 aliphatic carbocycles. The van der Waals surface area contributed by atoms with Crippen LogP contribution in [0.25, 0.3) is 0 Å². The highest BCUT2D eigenvalue weighted by Gasteiger charge is 2.46. The third-order valence-corrected chi connectivity index (χ3v) is 3.95. The van der Waals surface area contributed by atoms with Gasteiger partial charge in [-0.3, -0.25) is 4.79 Å². The number of amides is 1. The molecule has 0 spiro atoms. The van der Waals surface area contributed by atoms with Gasteiger partial charge in [0.2, 0.25) is 0 Å². The Labute approximate surface area is 110 Å². The van der Waals surface area contributed by atoms with E-state index in [1.54, 1.807) is 6.07 Å².